The molecule has 3 aromatic rings. The van der Waals surface area contributed by atoms with E-state index in [1.54, 1.807) is 10.9 Å². The number of amides is 1. The third kappa shape index (κ3) is 2.96. The molecule has 8 heteroatoms. The minimum Gasteiger partial charge on any atom is -0.440 e. The number of hydrogen-bond acceptors (Lipinski definition) is 6. The smallest absolute Gasteiger partial charge is 0.277 e. The van der Waals surface area contributed by atoms with Crippen molar-refractivity contribution in [2.24, 2.45) is 0 Å². The van der Waals surface area contributed by atoms with Crippen molar-refractivity contribution >= 4 is 22.7 Å². The first-order chi connectivity index (χ1) is 12.8. The Morgan fingerprint density at radius 3 is 2.88 bits per heavy atom. The summed E-state index contributed by atoms with van der Waals surface area (Å²) in [6, 6.07) is 5.80. The Hall–Kier alpha value is -2.74. The van der Waals surface area contributed by atoms with Crippen LogP contribution in [0.3, 0.4) is 0 Å². The lowest BCUT2D eigenvalue weighted by atomic mass is 10.1. The fraction of sp³-hybridized carbons (Fsp3) is 0.444. The molecule has 2 N–H and O–H groups in total. The molecular weight excluding hydrogens is 332 g/mol. The van der Waals surface area contributed by atoms with Gasteiger partial charge in [-0.2, -0.15) is 0 Å². The van der Waals surface area contributed by atoms with Gasteiger partial charge >= 0.3 is 0 Å². The lowest BCUT2D eigenvalue weighted by Gasteiger charge is -2.22. The molecule has 2 aromatic heterocycles. The molecule has 0 atom stereocenters. The molecule has 1 saturated carbocycles. The maximum absolute atomic E-state index is 12.5. The summed E-state index contributed by atoms with van der Waals surface area (Å²) in [5, 5.41) is 14.4. The van der Waals surface area contributed by atoms with Crippen LogP contribution in [0.4, 0.5) is 5.69 Å². The van der Waals surface area contributed by atoms with E-state index in [0.717, 1.165) is 55.8 Å². The number of carbonyl (C=O) groups is 1. The molecule has 134 valence electrons. The van der Waals surface area contributed by atoms with E-state index >= 15 is 0 Å². The van der Waals surface area contributed by atoms with Crippen molar-refractivity contribution in [2.75, 3.05) is 18.4 Å². The molecule has 0 radical (unpaired) electrons. The van der Waals surface area contributed by atoms with Gasteiger partial charge in [0, 0.05) is 11.6 Å². The van der Waals surface area contributed by atoms with Gasteiger partial charge in [-0.3, -0.25) is 4.79 Å². The molecular formula is C18H20N6O2. The van der Waals surface area contributed by atoms with Gasteiger partial charge in [-0.05, 0) is 57.0 Å². The van der Waals surface area contributed by atoms with Crippen LogP contribution < -0.4 is 10.6 Å². The number of oxazole rings is 1. The van der Waals surface area contributed by atoms with Crippen LogP contribution in [-0.4, -0.2) is 39.0 Å². The standard InChI is InChI=1S/C18H20N6O2/c25-17(15-10-24(23-22-15)13-5-7-19-8-6-13)20-12-3-4-16-14(9-12)21-18(26-16)11-1-2-11/h3-4,9-11,13,19H,1-2,5-8H2,(H,20,25). The molecule has 1 aliphatic carbocycles. The normalized spacial score (nSPS) is 18.3. The molecule has 26 heavy (non-hydrogen) atoms. The van der Waals surface area contributed by atoms with Crippen LogP contribution in [0.1, 0.15) is 54.0 Å². The first-order valence-corrected chi connectivity index (χ1v) is 9.11. The summed E-state index contributed by atoms with van der Waals surface area (Å²) in [6.45, 7) is 1.93. The monoisotopic (exact) mass is 352 g/mol. The van der Waals surface area contributed by atoms with Crippen LogP contribution >= 0.6 is 0 Å². The number of piperidine rings is 1. The van der Waals surface area contributed by atoms with Crippen LogP contribution in [0.15, 0.2) is 28.8 Å². The third-order valence-electron chi connectivity index (χ3n) is 5.01. The molecule has 3 heterocycles. The van der Waals surface area contributed by atoms with E-state index in [9.17, 15) is 4.79 Å². The predicted molar refractivity (Wildman–Crippen MR) is 95.1 cm³/mol. The highest BCUT2D eigenvalue weighted by Gasteiger charge is 2.29. The van der Waals surface area contributed by atoms with Gasteiger partial charge in [0.2, 0.25) is 0 Å². The number of aromatic nitrogens is 4. The molecule has 2 fully saturated rings. The molecule has 1 aliphatic heterocycles. The zero-order valence-corrected chi connectivity index (χ0v) is 14.3. The van der Waals surface area contributed by atoms with Gasteiger partial charge in [0.05, 0.1) is 12.2 Å². The summed E-state index contributed by atoms with van der Waals surface area (Å²) in [6.07, 6.45) is 6.00. The summed E-state index contributed by atoms with van der Waals surface area (Å²) < 4.78 is 7.56. The lowest BCUT2D eigenvalue weighted by Crippen LogP contribution is -2.29. The Balaban J connectivity index is 1.31. The Morgan fingerprint density at radius 1 is 1.23 bits per heavy atom. The minimum absolute atomic E-state index is 0.268. The van der Waals surface area contributed by atoms with Gasteiger partial charge in [0.15, 0.2) is 17.2 Å². The van der Waals surface area contributed by atoms with Crippen LogP contribution in [0.2, 0.25) is 0 Å². The quantitative estimate of drug-likeness (QED) is 0.748. The number of carbonyl (C=O) groups excluding carboxylic acids is 1. The number of nitrogens with one attached hydrogen (secondary N) is 2. The summed E-state index contributed by atoms with van der Waals surface area (Å²) in [5.74, 6) is 0.995. The Bertz CT molecular complexity index is 952. The van der Waals surface area contributed by atoms with Crippen molar-refractivity contribution < 1.29 is 9.21 Å². The van der Waals surface area contributed by atoms with Crippen molar-refractivity contribution in [1.29, 1.82) is 0 Å². The highest BCUT2D eigenvalue weighted by Crippen LogP contribution is 2.40. The zero-order valence-electron chi connectivity index (χ0n) is 14.3. The number of anilines is 1. The van der Waals surface area contributed by atoms with E-state index in [2.05, 4.69) is 25.9 Å². The second-order valence-corrected chi connectivity index (χ2v) is 7.03. The number of rotatable bonds is 4. The van der Waals surface area contributed by atoms with E-state index in [-0.39, 0.29) is 5.91 Å². The highest BCUT2D eigenvalue weighted by atomic mass is 16.3. The van der Waals surface area contributed by atoms with Crippen LogP contribution in [-0.2, 0) is 0 Å². The molecule has 5 rings (SSSR count). The first kappa shape index (κ1) is 15.5. The second kappa shape index (κ2) is 6.21. The molecule has 1 amide bonds. The van der Waals surface area contributed by atoms with Gasteiger partial charge in [-0.15, -0.1) is 5.10 Å². The second-order valence-electron chi connectivity index (χ2n) is 7.03. The molecule has 1 saturated heterocycles. The van der Waals surface area contributed by atoms with Gasteiger partial charge < -0.3 is 15.1 Å². The topological polar surface area (TPSA) is 97.9 Å². The molecule has 2 aliphatic rings. The van der Waals surface area contributed by atoms with Gasteiger partial charge in [-0.1, -0.05) is 5.21 Å². The van der Waals surface area contributed by atoms with Gasteiger partial charge in [0.1, 0.15) is 5.52 Å². The first-order valence-electron chi connectivity index (χ1n) is 9.11. The summed E-state index contributed by atoms with van der Waals surface area (Å²) in [7, 11) is 0. The van der Waals surface area contributed by atoms with Crippen molar-refractivity contribution in [1.82, 2.24) is 25.3 Å². The fourth-order valence-electron chi connectivity index (χ4n) is 3.35. The van der Waals surface area contributed by atoms with Gasteiger partial charge in [0.25, 0.3) is 5.91 Å². The molecule has 0 unspecified atom stereocenters. The summed E-state index contributed by atoms with van der Waals surface area (Å²) in [5.41, 5.74) is 2.52. The molecule has 0 spiro atoms. The average Bonchev–Trinajstić information content (AvgIpc) is 3.24. The van der Waals surface area contributed by atoms with Crippen LogP contribution in [0, 0.1) is 0 Å². The summed E-state index contributed by atoms with van der Waals surface area (Å²) in [4.78, 5) is 17.0. The lowest BCUT2D eigenvalue weighted by molar-refractivity contribution is 0.102. The number of hydrogen-bond donors (Lipinski definition) is 2. The Labute approximate surface area is 150 Å². The van der Waals surface area contributed by atoms with Crippen molar-refractivity contribution in [3.8, 4) is 0 Å². The third-order valence-corrected chi connectivity index (χ3v) is 5.01. The Morgan fingerprint density at radius 2 is 2.08 bits per heavy atom. The maximum atomic E-state index is 12.5. The van der Waals surface area contributed by atoms with E-state index in [0.29, 0.717) is 23.3 Å². The van der Waals surface area contributed by atoms with Crippen LogP contribution in [0.25, 0.3) is 11.1 Å². The molecule has 0 bridgehead atoms. The zero-order chi connectivity index (χ0) is 17.5. The van der Waals surface area contributed by atoms with Crippen LogP contribution in [0.5, 0.6) is 0 Å². The largest absolute Gasteiger partial charge is 0.440 e. The van der Waals surface area contributed by atoms with E-state index < -0.39 is 0 Å². The maximum Gasteiger partial charge on any atom is 0.277 e. The van der Waals surface area contributed by atoms with Crippen molar-refractivity contribution in [3.63, 3.8) is 0 Å². The van der Waals surface area contributed by atoms with Crippen molar-refractivity contribution in [3.05, 3.63) is 36.0 Å². The predicted octanol–water partition coefficient (Wildman–Crippen LogP) is 2.47. The summed E-state index contributed by atoms with van der Waals surface area (Å²) >= 11 is 0. The number of nitrogens with zero attached hydrogens (tertiary/aromatic N) is 4. The number of benzene rings is 1. The van der Waals surface area contributed by atoms with E-state index in [4.69, 9.17) is 4.42 Å². The van der Waals surface area contributed by atoms with E-state index in [1.807, 2.05) is 18.2 Å². The SMILES string of the molecule is O=C(Nc1ccc2oc(C3CC3)nc2c1)c1cn(C2CCNCC2)nn1. The van der Waals surface area contributed by atoms with Crippen molar-refractivity contribution in [2.45, 2.75) is 37.6 Å². The Kier molecular flexibility index (Phi) is 3.70. The molecule has 8 nitrogen and oxygen atoms in total. The fourth-order valence-corrected chi connectivity index (χ4v) is 3.35. The number of fused-ring (bicyclic) bond motifs is 1. The van der Waals surface area contributed by atoms with Gasteiger partial charge in [-0.25, -0.2) is 9.67 Å². The molecule has 1 aromatic carbocycles. The minimum atomic E-state index is -0.268. The average molecular weight is 352 g/mol. The van der Waals surface area contributed by atoms with E-state index in [1.165, 1.54) is 0 Å². The highest BCUT2D eigenvalue weighted by molar-refractivity contribution is 6.03.